The van der Waals surface area contributed by atoms with Crippen LogP contribution in [0.1, 0.15) is 11.3 Å². The quantitative estimate of drug-likeness (QED) is 0.683. The van der Waals surface area contributed by atoms with E-state index in [1.807, 2.05) is 0 Å². The zero-order valence-corrected chi connectivity index (χ0v) is 11.6. The van der Waals surface area contributed by atoms with E-state index >= 15 is 0 Å². The number of aromatic nitrogens is 2. The normalized spacial score (nSPS) is 11.7. The summed E-state index contributed by atoms with van der Waals surface area (Å²) < 4.78 is 57.1. The minimum absolute atomic E-state index is 0.0816. The third-order valence-corrected chi connectivity index (χ3v) is 2.85. The lowest BCUT2D eigenvalue weighted by Gasteiger charge is -2.13. The van der Waals surface area contributed by atoms with Gasteiger partial charge in [0.2, 0.25) is 0 Å². The fourth-order valence-corrected chi connectivity index (χ4v) is 2.06. The Morgan fingerprint density at radius 3 is 2.62 bits per heavy atom. The highest BCUT2D eigenvalue weighted by Crippen LogP contribution is 2.36. The number of hydrogen-bond donors (Lipinski definition) is 1. The Morgan fingerprint density at radius 2 is 2.00 bits per heavy atom. The Hall–Kier alpha value is -1.80. The standard InChI is InChI=1S/C13H10F4N2OS/c1-20-6-8-5-11(21)19-12(18-8)9-3-2-7(14)4-10(9)13(15,16)17/h2-5H,6H2,1H3,(H,18,19,21). The summed E-state index contributed by atoms with van der Waals surface area (Å²) in [5.74, 6) is -1.06. The van der Waals surface area contributed by atoms with Crippen LogP contribution in [0.4, 0.5) is 17.6 Å². The number of hydrogen-bond acceptors (Lipinski definition) is 3. The lowest BCUT2D eigenvalue weighted by molar-refractivity contribution is -0.137. The second-order valence-corrected chi connectivity index (χ2v) is 4.63. The van der Waals surface area contributed by atoms with E-state index in [9.17, 15) is 17.6 Å². The Kier molecular flexibility index (Phi) is 4.38. The molecule has 8 heteroatoms. The first-order valence-electron chi connectivity index (χ1n) is 5.77. The van der Waals surface area contributed by atoms with E-state index in [2.05, 4.69) is 9.97 Å². The van der Waals surface area contributed by atoms with Crippen LogP contribution in [-0.4, -0.2) is 17.1 Å². The van der Waals surface area contributed by atoms with E-state index in [1.165, 1.54) is 13.2 Å². The van der Waals surface area contributed by atoms with E-state index in [-0.39, 0.29) is 22.6 Å². The fraction of sp³-hybridized carbons (Fsp3) is 0.231. The Bertz CT molecular complexity index is 712. The van der Waals surface area contributed by atoms with Crippen molar-refractivity contribution in [2.45, 2.75) is 12.8 Å². The summed E-state index contributed by atoms with van der Waals surface area (Å²) in [6.45, 7) is 0.141. The van der Waals surface area contributed by atoms with Crippen LogP contribution in [0.25, 0.3) is 11.4 Å². The first-order chi connectivity index (χ1) is 9.81. The smallest absolute Gasteiger partial charge is 0.378 e. The van der Waals surface area contributed by atoms with E-state index in [4.69, 9.17) is 17.0 Å². The van der Waals surface area contributed by atoms with Gasteiger partial charge in [0.1, 0.15) is 16.3 Å². The molecule has 1 heterocycles. The van der Waals surface area contributed by atoms with Gasteiger partial charge in [-0.25, -0.2) is 9.37 Å². The molecule has 0 aliphatic carbocycles. The largest absolute Gasteiger partial charge is 0.417 e. The zero-order chi connectivity index (χ0) is 15.6. The molecule has 0 spiro atoms. The van der Waals surface area contributed by atoms with Gasteiger partial charge in [-0.15, -0.1) is 0 Å². The van der Waals surface area contributed by atoms with Gasteiger partial charge in [-0.1, -0.05) is 12.2 Å². The number of nitrogens with one attached hydrogen (secondary N) is 1. The highest BCUT2D eigenvalue weighted by molar-refractivity contribution is 7.71. The third kappa shape index (κ3) is 3.64. The van der Waals surface area contributed by atoms with Crippen LogP contribution < -0.4 is 0 Å². The lowest BCUT2D eigenvalue weighted by Crippen LogP contribution is -2.09. The third-order valence-electron chi connectivity index (χ3n) is 2.64. The molecule has 112 valence electrons. The molecule has 1 N–H and O–H groups in total. The van der Waals surface area contributed by atoms with Gasteiger partial charge >= 0.3 is 6.18 Å². The second kappa shape index (κ2) is 5.90. The summed E-state index contributed by atoms with van der Waals surface area (Å²) in [6.07, 6.45) is -4.70. The Balaban J connectivity index is 2.64. The number of H-pyrrole nitrogens is 1. The van der Waals surface area contributed by atoms with Gasteiger partial charge < -0.3 is 9.72 Å². The Labute approximate surface area is 122 Å². The molecule has 0 saturated carbocycles. The minimum atomic E-state index is -4.70. The highest BCUT2D eigenvalue weighted by Gasteiger charge is 2.34. The van der Waals surface area contributed by atoms with Crippen molar-refractivity contribution in [2.24, 2.45) is 0 Å². The molecule has 0 atom stereocenters. The van der Waals surface area contributed by atoms with Crippen LogP contribution in [0.5, 0.6) is 0 Å². The predicted octanol–water partition coefficient (Wildman–Crippen LogP) is 4.11. The number of ether oxygens (including phenoxy) is 1. The molecule has 0 amide bonds. The number of benzene rings is 1. The predicted molar refractivity (Wildman–Crippen MR) is 70.5 cm³/mol. The van der Waals surface area contributed by atoms with Crippen LogP contribution in [0.15, 0.2) is 24.3 Å². The van der Waals surface area contributed by atoms with Crippen LogP contribution in [0.3, 0.4) is 0 Å². The van der Waals surface area contributed by atoms with Gasteiger partial charge in [-0.05, 0) is 24.3 Å². The molecule has 0 aliphatic heterocycles. The number of halogens is 4. The molecular weight excluding hydrogens is 308 g/mol. The molecule has 0 unspecified atom stereocenters. The monoisotopic (exact) mass is 318 g/mol. The van der Waals surface area contributed by atoms with Crippen molar-refractivity contribution in [2.75, 3.05) is 7.11 Å². The van der Waals surface area contributed by atoms with Gasteiger partial charge in [-0.2, -0.15) is 13.2 Å². The molecule has 0 radical (unpaired) electrons. The SMILES string of the molecule is COCc1cc(=S)nc(-c2ccc(F)cc2C(F)(F)F)[nH]1. The van der Waals surface area contributed by atoms with E-state index in [1.54, 1.807) is 0 Å². The number of alkyl halides is 3. The summed E-state index contributed by atoms with van der Waals surface area (Å²) in [7, 11) is 1.44. The molecule has 1 aromatic heterocycles. The molecule has 3 nitrogen and oxygen atoms in total. The molecule has 0 fully saturated rings. The number of aromatic amines is 1. The molecule has 0 bridgehead atoms. The highest BCUT2D eigenvalue weighted by atomic mass is 32.1. The van der Waals surface area contributed by atoms with Gasteiger partial charge in [0.15, 0.2) is 0 Å². The zero-order valence-electron chi connectivity index (χ0n) is 10.8. The first kappa shape index (κ1) is 15.6. The molecule has 0 saturated heterocycles. The molecule has 2 aromatic rings. The topological polar surface area (TPSA) is 37.9 Å². The Morgan fingerprint density at radius 1 is 1.29 bits per heavy atom. The summed E-state index contributed by atoms with van der Waals surface area (Å²) in [6, 6.07) is 3.87. The van der Waals surface area contributed by atoms with Crippen molar-refractivity contribution in [3.05, 3.63) is 46.0 Å². The maximum atomic E-state index is 13.1. The fourth-order valence-electron chi connectivity index (χ4n) is 1.83. The van der Waals surface area contributed by atoms with Crippen molar-refractivity contribution in [3.8, 4) is 11.4 Å². The second-order valence-electron chi connectivity index (χ2n) is 4.21. The minimum Gasteiger partial charge on any atom is -0.378 e. The van der Waals surface area contributed by atoms with Crippen LogP contribution in [0.2, 0.25) is 0 Å². The van der Waals surface area contributed by atoms with E-state index < -0.39 is 17.6 Å². The average molecular weight is 318 g/mol. The van der Waals surface area contributed by atoms with Crippen molar-refractivity contribution >= 4 is 12.2 Å². The summed E-state index contributed by atoms with van der Waals surface area (Å²) in [5.41, 5.74) is -0.909. The molecule has 2 rings (SSSR count). The van der Waals surface area contributed by atoms with Gasteiger partial charge in [0.05, 0.1) is 12.2 Å². The van der Waals surface area contributed by atoms with Crippen LogP contribution >= 0.6 is 12.2 Å². The summed E-state index contributed by atoms with van der Waals surface area (Å²) in [4.78, 5) is 6.58. The number of methoxy groups -OCH3 is 1. The molecule has 0 aliphatic rings. The van der Waals surface area contributed by atoms with Crippen LogP contribution in [-0.2, 0) is 17.5 Å². The van der Waals surface area contributed by atoms with Gasteiger partial charge in [0, 0.05) is 18.4 Å². The number of rotatable bonds is 3. The lowest BCUT2D eigenvalue weighted by atomic mass is 10.1. The average Bonchev–Trinajstić information content (AvgIpc) is 2.37. The maximum absolute atomic E-state index is 13.1. The van der Waals surface area contributed by atoms with E-state index in [0.29, 0.717) is 11.8 Å². The number of nitrogens with zero attached hydrogens (tertiary/aromatic N) is 1. The van der Waals surface area contributed by atoms with Crippen LogP contribution in [0, 0.1) is 10.5 Å². The van der Waals surface area contributed by atoms with Gasteiger partial charge in [0.25, 0.3) is 0 Å². The first-order valence-corrected chi connectivity index (χ1v) is 6.18. The van der Waals surface area contributed by atoms with Crippen molar-refractivity contribution in [3.63, 3.8) is 0 Å². The van der Waals surface area contributed by atoms with Crippen molar-refractivity contribution in [1.82, 2.24) is 9.97 Å². The molecule has 1 aromatic carbocycles. The molecule has 21 heavy (non-hydrogen) atoms. The van der Waals surface area contributed by atoms with Crippen molar-refractivity contribution in [1.29, 1.82) is 0 Å². The maximum Gasteiger partial charge on any atom is 0.417 e. The van der Waals surface area contributed by atoms with Gasteiger partial charge in [-0.3, -0.25) is 0 Å². The summed E-state index contributed by atoms with van der Waals surface area (Å²) in [5, 5.41) is 0. The van der Waals surface area contributed by atoms with E-state index in [0.717, 1.165) is 12.1 Å². The van der Waals surface area contributed by atoms with Crippen molar-refractivity contribution < 1.29 is 22.3 Å². The molecular formula is C13H10F4N2OS. The summed E-state index contributed by atoms with van der Waals surface area (Å²) >= 11 is 4.92.